The third-order valence-electron chi connectivity index (χ3n) is 5.63. The molecule has 1 aromatic heterocycles. The predicted octanol–water partition coefficient (Wildman–Crippen LogP) is 5.30. The number of halogens is 1. The molecule has 1 heterocycles. The van der Waals surface area contributed by atoms with Crippen LogP contribution in [0.4, 0.5) is 0 Å². The van der Waals surface area contributed by atoms with E-state index < -0.39 is 5.97 Å². The van der Waals surface area contributed by atoms with Crippen LogP contribution < -0.4 is 0 Å². The monoisotopic (exact) mass is 475 g/mol. The number of carbonyl (C=O) groups excluding carboxylic acids is 2. The van der Waals surface area contributed by atoms with E-state index in [0.29, 0.717) is 22.7 Å². The Balaban J connectivity index is 1.85. The molecule has 3 rings (SSSR count). The fraction of sp³-hybridized carbons (Fsp3) is 0.522. The molecule has 1 aliphatic rings. The van der Waals surface area contributed by atoms with Crippen molar-refractivity contribution >= 4 is 27.8 Å². The van der Waals surface area contributed by atoms with E-state index in [4.69, 9.17) is 4.74 Å². The quantitative estimate of drug-likeness (QED) is 0.531. The highest BCUT2D eigenvalue weighted by atomic mass is 79.9. The van der Waals surface area contributed by atoms with Crippen LogP contribution in [-0.4, -0.2) is 45.2 Å². The second-order valence-corrected chi connectivity index (χ2v) is 8.82. The number of aromatic nitrogens is 2. The van der Waals surface area contributed by atoms with Gasteiger partial charge in [-0.05, 0) is 80.7 Å². The Kier molecular flexibility index (Phi) is 7.34. The Hall–Kier alpha value is -2.15. The standard InChI is InChI=1S/C23H30BrN3O3/c1-5-30-23(29)21-20(24)16(4)27(25-21)19-13-11-17(12-14-19)22(28)26(15(2)3)18-9-7-6-8-10-18/h11-15,18H,5-10H2,1-4H3. The third kappa shape index (κ3) is 4.61. The normalized spacial score (nSPS) is 14.7. The molecule has 162 valence electrons. The highest BCUT2D eigenvalue weighted by Gasteiger charge is 2.28. The van der Waals surface area contributed by atoms with E-state index in [2.05, 4.69) is 34.9 Å². The predicted molar refractivity (Wildman–Crippen MR) is 120 cm³/mol. The fourth-order valence-corrected chi connectivity index (χ4v) is 4.55. The largest absolute Gasteiger partial charge is 0.461 e. The van der Waals surface area contributed by atoms with Crippen molar-refractivity contribution in [3.63, 3.8) is 0 Å². The number of benzene rings is 1. The molecule has 0 N–H and O–H groups in total. The summed E-state index contributed by atoms with van der Waals surface area (Å²) in [5.41, 5.74) is 2.50. The maximum Gasteiger partial charge on any atom is 0.360 e. The highest BCUT2D eigenvalue weighted by Crippen LogP contribution is 2.27. The smallest absolute Gasteiger partial charge is 0.360 e. The van der Waals surface area contributed by atoms with Gasteiger partial charge < -0.3 is 9.64 Å². The maximum absolute atomic E-state index is 13.3. The molecular formula is C23H30BrN3O3. The van der Waals surface area contributed by atoms with E-state index in [1.54, 1.807) is 11.6 Å². The lowest BCUT2D eigenvalue weighted by atomic mass is 9.92. The second-order valence-electron chi connectivity index (χ2n) is 8.03. The maximum atomic E-state index is 13.3. The van der Waals surface area contributed by atoms with Crippen LogP contribution in [0.1, 0.15) is 79.4 Å². The van der Waals surface area contributed by atoms with E-state index in [0.717, 1.165) is 24.2 Å². The van der Waals surface area contributed by atoms with Gasteiger partial charge in [-0.2, -0.15) is 5.10 Å². The first-order valence-electron chi connectivity index (χ1n) is 10.7. The van der Waals surface area contributed by atoms with E-state index in [1.807, 2.05) is 36.1 Å². The molecule has 0 radical (unpaired) electrons. The first-order chi connectivity index (χ1) is 14.3. The van der Waals surface area contributed by atoms with Gasteiger partial charge in [0.1, 0.15) is 0 Å². The van der Waals surface area contributed by atoms with Gasteiger partial charge >= 0.3 is 5.97 Å². The molecule has 30 heavy (non-hydrogen) atoms. The van der Waals surface area contributed by atoms with Gasteiger partial charge in [0.25, 0.3) is 5.91 Å². The summed E-state index contributed by atoms with van der Waals surface area (Å²) < 4.78 is 7.38. The zero-order valence-electron chi connectivity index (χ0n) is 18.2. The summed E-state index contributed by atoms with van der Waals surface area (Å²) in [5, 5.41) is 4.41. The van der Waals surface area contributed by atoms with Gasteiger partial charge in [0.15, 0.2) is 5.69 Å². The molecule has 0 aliphatic heterocycles. The Labute approximate surface area is 186 Å². The summed E-state index contributed by atoms with van der Waals surface area (Å²) in [4.78, 5) is 27.4. The molecule has 0 unspecified atom stereocenters. The lowest BCUT2D eigenvalue weighted by Crippen LogP contribution is -2.45. The first-order valence-corrected chi connectivity index (χ1v) is 11.5. The van der Waals surface area contributed by atoms with Crippen molar-refractivity contribution in [3.05, 3.63) is 45.7 Å². The SMILES string of the molecule is CCOC(=O)c1nn(-c2ccc(C(=O)N(C(C)C)C3CCCCC3)cc2)c(C)c1Br. The van der Waals surface area contributed by atoms with Crippen LogP contribution in [0.5, 0.6) is 0 Å². The summed E-state index contributed by atoms with van der Waals surface area (Å²) >= 11 is 3.44. The van der Waals surface area contributed by atoms with Gasteiger partial charge in [-0.1, -0.05) is 19.3 Å². The van der Waals surface area contributed by atoms with Gasteiger partial charge in [-0.15, -0.1) is 0 Å². The molecule has 1 fully saturated rings. The van der Waals surface area contributed by atoms with Crippen LogP contribution in [0.2, 0.25) is 0 Å². The molecule has 1 aromatic carbocycles. The topological polar surface area (TPSA) is 64.4 Å². The summed E-state index contributed by atoms with van der Waals surface area (Å²) in [6.45, 7) is 8.10. The third-order valence-corrected chi connectivity index (χ3v) is 6.58. The van der Waals surface area contributed by atoms with E-state index in [9.17, 15) is 9.59 Å². The molecule has 1 saturated carbocycles. The number of hydrogen-bond donors (Lipinski definition) is 0. The number of hydrogen-bond acceptors (Lipinski definition) is 4. The number of nitrogens with zero attached hydrogens (tertiary/aromatic N) is 3. The molecule has 0 bridgehead atoms. The number of rotatable bonds is 6. The second kappa shape index (κ2) is 9.77. The van der Waals surface area contributed by atoms with E-state index in [-0.39, 0.29) is 17.6 Å². The molecule has 1 amide bonds. The van der Waals surface area contributed by atoms with Crippen molar-refractivity contribution in [2.75, 3.05) is 6.61 Å². The van der Waals surface area contributed by atoms with Gasteiger partial charge in [-0.25, -0.2) is 9.48 Å². The van der Waals surface area contributed by atoms with Gasteiger partial charge in [-0.3, -0.25) is 4.79 Å². The minimum atomic E-state index is -0.460. The van der Waals surface area contributed by atoms with Crippen molar-refractivity contribution < 1.29 is 14.3 Å². The van der Waals surface area contributed by atoms with Crippen LogP contribution in [-0.2, 0) is 4.74 Å². The van der Waals surface area contributed by atoms with Crippen LogP contribution in [0.15, 0.2) is 28.7 Å². The summed E-state index contributed by atoms with van der Waals surface area (Å²) in [6, 6.07) is 7.91. The molecule has 7 heteroatoms. The van der Waals surface area contributed by atoms with Gasteiger partial charge in [0.05, 0.1) is 22.5 Å². The summed E-state index contributed by atoms with van der Waals surface area (Å²) in [7, 11) is 0. The Morgan fingerprint density at radius 2 is 1.83 bits per heavy atom. The van der Waals surface area contributed by atoms with Crippen LogP contribution in [0.3, 0.4) is 0 Å². The van der Waals surface area contributed by atoms with Crippen LogP contribution >= 0.6 is 15.9 Å². The minimum absolute atomic E-state index is 0.0778. The molecule has 1 aliphatic carbocycles. The summed E-state index contributed by atoms with van der Waals surface area (Å²) in [5.74, 6) is -0.382. The molecule has 0 spiro atoms. The van der Waals surface area contributed by atoms with Crippen molar-refractivity contribution in [1.82, 2.24) is 14.7 Å². The number of ether oxygens (including phenoxy) is 1. The van der Waals surface area contributed by atoms with Crippen molar-refractivity contribution in [1.29, 1.82) is 0 Å². The number of esters is 1. The number of carbonyl (C=O) groups is 2. The molecule has 6 nitrogen and oxygen atoms in total. The van der Waals surface area contributed by atoms with Crippen molar-refractivity contribution in [2.45, 2.75) is 71.9 Å². The highest BCUT2D eigenvalue weighted by molar-refractivity contribution is 9.10. The molecule has 0 saturated heterocycles. The fourth-order valence-electron chi connectivity index (χ4n) is 4.14. The van der Waals surface area contributed by atoms with Crippen LogP contribution in [0.25, 0.3) is 5.69 Å². The van der Waals surface area contributed by atoms with Crippen LogP contribution in [0, 0.1) is 6.92 Å². The number of amides is 1. The Morgan fingerprint density at radius 1 is 1.20 bits per heavy atom. The van der Waals surface area contributed by atoms with Crippen molar-refractivity contribution in [2.24, 2.45) is 0 Å². The zero-order valence-corrected chi connectivity index (χ0v) is 19.7. The average Bonchev–Trinajstić information content (AvgIpc) is 3.04. The zero-order chi connectivity index (χ0) is 21.8. The van der Waals surface area contributed by atoms with Gasteiger partial charge in [0, 0.05) is 17.6 Å². The molecular weight excluding hydrogens is 446 g/mol. The van der Waals surface area contributed by atoms with Crippen molar-refractivity contribution in [3.8, 4) is 5.69 Å². The average molecular weight is 476 g/mol. The lowest BCUT2D eigenvalue weighted by Gasteiger charge is -2.37. The van der Waals surface area contributed by atoms with Gasteiger partial charge in [0.2, 0.25) is 0 Å². The molecule has 2 aromatic rings. The lowest BCUT2D eigenvalue weighted by molar-refractivity contribution is 0.0516. The Bertz CT molecular complexity index is 899. The minimum Gasteiger partial charge on any atom is -0.461 e. The van der Waals surface area contributed by atoms with E-state index in [1.165, 1.54) is 19.3 Å². The Morgan fingerprint density at radius 3 is 2.40 bits per heavy atom. The molecule has 0 atom stereocenters. The first kappa shape index (κ1) is 22.5. The van der Waals surface area contributed by atoms with E-state index >= 15 is 0 Å². The summed E-state index contributed by atoms with van der Waals surface area (Å²) in [6.07, 6.45) is 5.81.